The van der Waals surface area contributed by atoms with E-state index in [-0.39, 0.29) is 19.8 Å². The monoisotopic (exact) mass is 380 g/mol. The van der Waals surface area contributed by atoms with Crippen LogP contribution in [0, 0.1) is 17.5 Å². The van der Waals surface area contributed by atoms with E-state index in [0.29, 0.717) is 23.4 Å². The molecule has 1 heterocycles. The number of nitrogens with zero attached hydrogens (tertiary/aromatic N) is 1. The summed E-state index contributed by atoms with van der Waals surface area (Å²) < 4.78 is 50.6. The number of carbonyl (C=O) groups excluding carboxylic acids is 1. The van der Waals surface area contributed by atoms with E-state index in [9.17, 15) is 18.0 Å². The van der Waals surface area contributed by atoms with Crippen LogP contribution in [0.4, 0.5) is 23.7 Å². The van der Waals surface area contributed by atoms with Gasteiger partial charge in [-0.3, -0.25) is 0 Å². The van der Waals surface area contributed by atoms with Crippen molar-refractivity contribution < 1.29 is 27.4 Å². The van der Waals surface area contributed by atoms with Crippen molar-refractivity contribution in [2.45, 2.75) is 12.7 Å². The van der Waals surface area contributed by atoms with Crippen LogP contribution in [0.15, 0.2) is 36.4 Å². The van der Waals surface area contributed by atoms with Gasteiger partial charge in [-0.1, -0.05) is 6.07 Å². The molecule has 1 atom stereocenters. The van der Waals surface area contributed by atoms with Gasteiger partial charge in [0.2, 0.25) is 0 Å². The van der Waals surface area contributed by atoms with E-state index >= 15 is 0 Å². The number of carbonyl (C=O) groups is 1. The molecule has 1 saturated heterocycles. The highest BCUT2D eigenvalue weighted by molar-refractivity contribution is 5.90. The minimum Gasteiger partial charge on any atom is -0.380 e. The second-order valence-corrected chi connectivity index (χ2v) is 6.14. The molecule has 0 saturated carbocycles. The van der Waals surface area contributed by atoms with Crippen LogP contribution in [-0.4, -0.2) is 37.7 Å². The Hall–Kier alpha value is -2.58. The van der Waals surface area contributed by atoms with Crippen molar-refractivity contribution in [3.8, 4) is 0 Å². The number of morpholine rings is 1. The van der Waals surface area contributed by atoms with Crippen LogP contribution in [0.1, 0.15) is 17.2 Å². The summed E-state index contributed by atoms with van der Waals surface area (Å²) in [7, 11) is 1.48. The molecule has 0 aliphatic carbocycles. The molecular formula is C19H19F3N2O3. The van der Waals surface area contributed by atoms with Gasteiger partial charge >= 0.3 is 6.03 Å². The zero-order valence-electron chi connectivity index (χ0n) is 14.7. The smallest absolute Gasteiger partial charge is 0.322 e. The van der Waals surface area contributed by atoms with E-state index in [1.165, 1.54) is 36.3 Å². The number of benzene rings is 2. The van der Waals surface area contributed by atoms with Gasteiger partial charge < -0.3 is 19.7 Å². The SMILES string of the molecule is COCc1cc(F)ccc1NC(=O)N1CCOC(c2ccc(F)c(F)c2)C1. The maximum Gasteiger partial charge on any atom is 0.322 e. The maximum atomic E-state index is 13.5. The summed E-state index contributed by atoms with van der Waals surface area (Å²) in [6.07, 6.45) is -0.564. The lowest BCUT2D eigenvalue weighted by molar-refractivity contribution is -0.0136. The van der Waals surface area contributed by atoms with E-state index in [4.69, 9.17) is 9.47 Å². The van der Waals surface area contributed by atoms with Gasteiger partial charge in [-0.15, -0.1) is 0 Å². The first-order chi connectivity index (χ1) is 13.0. The fraction of sp³-hybridized carbons (Fsp3) is 0.316. The van der Waals surface area contributed by atoms with E-state index in [0.717, 1.165) is 12.1 Å². The fourth-order valence-electron chi connectivity index (χ4n) is 2.90. The van der Waals surface area contributed by atoms with Crippen molar-refractivity contribution in [1.29, 1.82) is 0 Å². The Morgan fingerprint density at radius 1 is 1.22 bits per heavy atom. The van der Waals surface area contributed by atoms with Crippen LogP contribution in [0.3, 0.4) is 0 Å². The third-order valence-electron chi connectivity index (χ3n) is 4.28. The number of ether oxygens (including phenoxy) is 2. The molecule has 2 aromatic carbocycles. The Morgan fingerprint density at radius 2 is 2.04 bits per heavy atom. The van der Waals surface area contributed by atoms with Crippen molar-refractivity contribution in [1.82, 2.24) is 4.90 Å². The highest BCUT2D eigenvalue weighted by atomic mass is 19.2. The standard InChI is InChI=1S/C19H19F3N2O3/c1-26-11-13-8-14(20)3-5-17(13)23-19(25)24-6-7-27-18(10-24)12-2-4-15(21)16(22)9-12/h2-5,8-9,18H,6-7,10-11H2,1H3,(H,23,25). The van der Waals surface area contributed by atoms with Gasteiger partial charge in [0, 0.05) is 24.9 Å². The average molecular weight is 380 g/mol. The summed E-state index contributed by atoms with van der Waals surface area (Å²) in [5, 5.41) is 2.74. The highest BCUT2D eigenvalue weighted by Gasteiger charge is 2.26. The lowest BCUT2D eigenvalue weighted by Gasteiger charge is -2.33. The Labute approximate surface area is 154 Å². The van der Waals surface area contributed by atoms with Gasteiger partial charge in [-0.25, -0.2) is 18.0 Å². The molecule has 0 aromatic heterocycles. The zero-order chi connectivity index (χ0) is 19.4. The summed E-state index contributed by atoms with van der Waals surface area (Å²) >= 11 is 0. The minimum atomic E-state index is -0.965. The van der Waals surface area contributed by atoms with E-state index in [2.05, 4.69) is 5.32 Å². The molecular weight excluding hydrogens is 361 g/mol. The number of hydrogen-bond donors (Lipinski definition) is 1. The second kappa shape index (κ2) is 8.41. The quantitative estimate of drug-likeness (QED) is 0.877. The molecule has 1 aliphatic rings. The molecule has 3 rings (SSSR count). The number of halogens is 3. The van der Waals surface area contributed by atoms with Crippen molar-refractivity contribution >= 4 is 11.7 Å². The zero-order valence-corrected chi connectivity index (χ0v) is 14.7. The fourth-order valence-corrected chi connectivity index (χ4v) is 2.90. The second-order valence-electron chi connectivity index (χ2n) is 6.14. The Bertz CT molecular complexity index is 832. The Morgan fingerprint density at radius 3 is 2.78 bits per heavy atom. The average Bonchev–Trinajstić information content (AvgIpc) is 2.66. The molecule has 1 unspecified atom stereocenters. The molecule has 0 bridgehead atoms. The van der Waals surface area contributed by atoms with Crippen molar-refractivity contribution in [2.75, 3.05) is 32.1 Å². The van der Waals surface area contributed by atoms with Gasteiger partial charge in [-0.2, -0.15) is 0 Å². The predicted molar refractivity (Wildman–Crippen MR) is 92.8 cm³/mol. The van der Waals surface area contributed by atoms with Crippen molar-refractivity contribution in [2.24, 2.45) is 0 Å². The van der Waals surface area contributed by atoms with Crippen LogP contribution in [0.25, 0.3) is 0 Å². The van der Waals surface area contributed by atoms with E-state index in [1.807, 2.05) is 0 Å². The first-order valence-corrected chi connectivity index (χ1v) is 8.37. The van der Waals surface area contributed by atoms with Crippen LogP contribution in [0.5, 0.6) is 0 Å². The molecule has 8 heteroatoms. The van der Waals surface area contributed by atoms with Gasteiger partial charge in [-0.05, 0) is 35.9 Å². The molecule has 27 heavy (non-hydrogen) atoms. The molecule has 0 spiro atoms. The summed E-state index contributed by atoms with van der Waals surface area (Å²) in [5.74, 6) is -2.33. The first kappa shape index (κ1) is 19.2. The molecule has 5 nitrogen and oxygen atoms in total. The molecule has 1 N–H and O–H groups in total. The van der Waals surface area contributed by atoms with Crippen LogP contribution in [-0.2, 0) is 16.1 Å². The molecule has 0 radical (unpaired) electrons. The normalized spacial score (nSPS) is 17.0. The van der Waals surface area contributed by atoms with Gasteiger partial charge in [0.05, 0.1) is 19.8 Å². The largest absolute Gasteiger partial charge is 0.380 e. The Balaban J connectivity index is 1.71. The number of hydrogen-bond acceptors (Lipinski definition) is 3. The van der Waals surface area contributed by atoms with E-state index in [1.54, 1.807) is 0 Å². The molecule has 144 valence electrons. The highest BCUT2D eigenvalue weighted by Crippen LogP contribution is 2.25. The molecule has 2 aromatic rings. The third-order valence-corrected chi connectivity index (χ3v) is 4.28. The van der Waals surface area contributed by atoms with Crippen LogP contribution < -0.4 is 5.32 Å². The predicted octanol–water partition coefficient (Wildman–Crippen LogP) is 3.86. The minimum absolute atomic E-state index is 0.147. The van der Waals surface area contributed by atoms with E-state index < -0.39 is 29.6 Å². The van der Waals surface area contributed by atoms with Crippen LogP contribution >= 0.6 is 0 Å². The molecule has 1 aliphatic heterocycles. The Kier molecular flexibility index (Phi) is 5.98. The number of nitrogens with one attached hydrogen (secondary N) is 1. The van der Waals surface area contributed by atoms with Crippen molar-refractivity contribution in [3.05, 3.63) is 65.0 Å². The number of methoxy groups -OCH3 is 1. The molecule has 1 fully saturated rings. The van der Waals surface area contributed by atoms with Gasteiger partial charge in [0.15, 0.2) is 11.6 Å². The lowest BCUT2D eigenvalue weighted by Crippen LogP contribution is -2.44. The summed E-state index contributed by atoms with van der Waals surface area (Å²) in [6, 6.07) is 7.15. The topological polar surface area (TPSA) is 50.8 Å². The number of amides is 2. The summed E-state index contributed by atoms with van der Waals surface area (Å²) in [4.78, 5) is 14.1. The van der Waals surface area contributed by atoms with Gasteiger partial charge in [0.1, 0.15) is 11.9 Å². The van der Waals surface area contributed by atoms with Crippen LogP contribution in [0.2, 0.25) is 0 Å². The van der Waals surface area contributed by atoms with Crippen molar-refractivity contribution in [3.63, 3.8) is 0 Å². The molecule has 2 amide bonds. The number of rotatable bonds is 4. The van der Waals surface area contributed by atoms with Gasteiger partial charge in [0.25, 0.3) is 0 Å². The lowest BCUT2D eigenvalue weighted by atomic mass is 10.1. The third kappa shape index (κ3) is 4.58. The number of urea groups is 1. The number of anilines is 1. The first-order valence-electron chi connectivity index (χ1n) is 8.37. The summed E-state index contributed by atoms with van der Waals surface area (Å²) in [6.45, 7) is 0.921. The summed E-state index contributed by atoms with van der Waals surface area (Å²) in [5.41, 5.74) is 1.41. The maximum absolute atomic E-state index is 13.5.